The third kappa shape index (κ3) is 8.60. The first kappa shape index (κ1) is 32.1. The van der Waals surface area contributed by atoms with Crippen molar-refractivity contribution in [2.24, 2.45) is 0 Å². The predicted molar refractivity (Wildman–Crippen MR) is 163 cm³/mol. The lowest BCUT2D eigenvalue weighted by atomic mass is 10.1. The highest BCUT2D eigenvalue weighted by atomic mass is 16.6. The highest BCUT2D eigenvalue weighted by Gasteiger charge is 2.30. The van der Waals surface area contributed by atoms with Crippen LogP contribution in [0.3, 0.4) is 0 Å². The van der Waals surface area contributed by atoms with Crippen molar-refractivity contribution in [2.75, 3.05) is 24.5 Å². The zero-order valence-electron chi connectivity index (χ0n) is 26.1. The number of hydrogen-bond donors (Lipinski definition) is 0. The van der Waals surface area contributed by atoms with Gasteiger partial charge in [0.1, 0.15) is 47.6 Å². The van der Waals surface area contributed by atoms with Gasteiger partial charge in [-0.25, -0.2) is 9.48 Å². The molecule has 2 amide bonds. The summed E-state index contributed by atoms with van der Waals surface area (Å²) in [5.41, 5.74) is 2.04. The Morgan fingerprint density at radius 1 is 0.977 bits per heavy atom. The van der Waals surface area contributed by atoms with Gasteiger partial charge >= 0.3 is 12.1 Å². The van der Waals surface area contributed by atoms with Crippen LogP contribution in [0.5, 0.6) is 5.75 Å². The summed E-state index contributed by atoms with van der Waals surface area (Å²) in [5.74, 6) is -0.144. The van der Waals surface area contributed by atoms with Crippen LogP contribution in [0, 0.1) is 11.3 Å². The minimum absolute atomic E-state index is 0.0173. The highest BCUT2D eigenvalue weighted by Crippen LogP contribution is 2.32. The fourth-order valence-corrected chi connectivity index (χ4v) is 4.66. The van der Waals surface area contributed by atoms with Gasteiger partial charge in [0.05, 0.1) is 12.1 Å². The number of para-hydroxylation sites is 1. The Bertz CT molecular complexity index is 1550. The number of carbonyl (C=O) groups excluding carboxylic acids is 3. The van der Waals surface area contributed by atoms with Gasteiger partial charge in [-0.2, -0.15) is 10.4 Å². The Kier molecular flexibility index (Phi) is 9.62. The molecule has 0 fully saturated rings. The van der Waals surface area contributed by atoms with E-state index in [0.29, 0.717) is 30.1 Å². The van der Waals surface area contributed by atoms with Crippen molar-refractivity contribution < 1.29 is 28.6 Å². The molecule has 0 saturated carbocycles. The van der Waals surface area contributed by atoms with Crippen molar-refractivity contribution in [1.82, 2.24) is 14.7 Å². The van der Waals surface area contributed by atoms with E-state index in [1.54, 1.807) is 63.3 Å². The Labute approximate surface area is 257 Å². The van der Waals surface area contributed by atoms with Crippen LogP contribution in [-0.4, -0.2) is 63.5 Å². The minimum Gasteiger partial charge on any atom is -0.487 e. The van der Waals surface area contributed by atoms with E-state index in [0.717, 1.165) is 16.9 Å². The second-order valence-electron chi connectivity index (χ2n) is 12.5. The first-order valence-corrected chi connectivity index (χ1v) is 14.5. The fraction of sp³-hybridized carbons (Fsp3) is 0.424. The van der Waals surface area contributed by atoms with Gasteiger partial charge < -0.3 is 19.1 Å². The second-order valence-corrected chi connectivity index (χ2v) is 12.5. The lowest BCUT2D eigenvalue weighted by molar-refractivity contribution is -0.155. The minimum atomic E-state index is -0.767. The second kappa shape index (κ2) is 13.2. The molecule has 1 aliphatic heterocycles. The molecule has 0 saturated heterocycles. The van der Waals surface area contributed by atoms with Crippen LogP contribution in [0.25, 0.3) is 5.69 Å². The van der Waals surface area contributed by atoms with Crippen molar-refractivity contribution >= 4 is 23.7 Å². The van der Waals surface area contributed by atoms with Crippen LogP contribution >= 0.6 is 0 Å². The molecule has 0 bridgehead atoms. The number of ether oxygens (including phenoxy) is 3. The molecular formula is C33H39N5O6. The van der Waals surface area contributed by atoms with Gasteiger partial charge in [-0.3, -0.25) is 14.5 Å². The number of nitrogens with zero attached hydrogens (tertiary/aromatic N) is 5. The highest BCUT2D eigenvalue weighted by molar-refractivity contribution is 5.98. The van der Waals surface area contributed by atoms with Gasteiger partial charge in [0.2, 0.25) is 5.91 Å². The fourth-order valence-electron chi connectivity index (χ4n) is 4.66. The molecule has 0 N–H and O–H groups in total. The molecular weight excluding hydrogens is 562 g/mol. The lowest BCUT2D eigenvalue weighted by Gasteiger charge is -2.29. The van der Waals surface area contributed by atoms with E-state index < -0.39 is 23.3 Å². The van der Waals surface area contributed by atoms with Crippen LogP contribution < -0.4 is 9.64 Å². The van der Waals surface area contributed by atoms with E-state index in [-0.39, 0.29) is 32.0 Å². The van der Waals surface area contributed by atoms with E-state index in [4.69, 9.17) is 14.2 Å². The first-order valence-electron chi connectivity index (χ1n) is 14.5. The molecule has 4 rings (SSSR count). The number of benzene rings is 2. The molecule has 1 aliphatic rings. The van der Waals surface area contributed by atoms with Gasteiger partial charge in [-0.15, -0.1) is 0 Å². The molecule has 44 heavy (non-hydrogen) atoms. The maximum Gasteiger partial charge on any atom is 0.410 e. The molecule has 2 aromatic carbocycles. The number of nitriles is 1. The number of aromatic nitrogens is 2. The summed E-state index contributed by atoms with van der Waals surface area (Å²) >= 11 is 0. The number of esters is 1. The number of anilines is 1. The average Bonchev–Trinajstić information content (AvgIpc) is 3.56. The van der Waals surface area contributed by atoms with E-state index >= 15 is 0 Å². The molecule has 11 heteroatoms. The largest absolute Gasteiger partial charge is 0.487 e. The Morgan fingerprint density at radius 3 is 2.34 bits per heavy atom. The van der Waals surface area contributed by atoms with Gasteiger partial charge in [0.25, 0.3) is 0 Å². The average molecular weight is 602 g/mol. The SMILES string of the molecule is CC(C)(C)OC(=O)CCN(CC(=O)N1CCc2cc(OCc3cc(C#N)n(-c4ccccc4)n3)ccc21)C(=O)OC(C)(C)C. The molecule has 0 atom stereocenters. The lowest BCUT2D eigenvalue weighted by Crippen LogP contribution is -2.45. The molecule has 232 valence electrons. The van der Waals surface area contributed by atoms with E-state index in [9.17, 15) is 19.6 Å². The normalized spacial score (nSPS) is 12.7. The number of amides is 2. The van der Waals surface area contributed by atoms with Crippen molar-refractivity contribution in [3.63, 3.8) is 0 Å². The smallest absolute Gasteiger partial charge is 0.410 e. The standard InChI is InChI=1S/C33H39N5O6/c1-32(2,3)43-30(40)15-16-36(31(41)44-33(4,5)6)21-29(39)37-17-14-23-18-27(12-13-28(23)37)42-22-24-19-26(20-34)38(35-24)25-10-8-7-9-11-25/h7-13,18-19H,14-17,21-22H2,1-6H3. The number of carbonyl (C=O) groups is 3. The summed E-state index contributed by atoms with van der Waals surface area (Å²) in [4.78, 5) is 41.6. The van der Waals surface area contributed by atoms with Crippen molar-refractivity contribution in [3.05, 3.63) is 71.5 Å². The van der Waals surface area contributed by atoms with Gasteiger partial charge in [-0.1, -0.05) is 18.2 Å². The van der Waals surface area contributed by atoms with Crippen molar-refractivity contribution in [3.8, 4) is 17.5 Å². The molecule has 1 aromatic heterocycles. The van der Waals surface area contributed by atoms with Crippen LogP contribution in [-0.2, 0) is 32.1 Å². The number of rotatable bonds is 9. The third-order valence-electron chi connectivity index (χ3n) is 6.49. The monoisotopic (exact) mass is 601 g/mol. The van der Waals surface area contributed by atoms with Crippen molar-refractivity contribution in [2.45, 2.75) is 72.2 Å². The zero-order valence-corrected chi connectivity index (χ0v) is 26.1. The molecule has 0 aliphatic carbocycles. The summed E-state index contributed by atoms with van der Waals surface area (Å²) in [6.45, 7) is 10.9. The maximum absolute atomic E-state index is 13.4. The van der Waals surface area contributed by atoms with Crippen LogP contribution in [0.2, 0.25) is 0 Å². The predicted octanol–water partition coefficient (Wildman–Crippen LogP) is 5.18. The maximum atomic E-state index is 13.4. The van der Waals surface area contributed by atoms with E-state index in [1.807, 2.05) is 42.5 Å². The van der Waals surface area contributed by atoms with E-state index in [2.05, 4.69) is 11.2 Å². The van der Waals surface area contributed by atoms with Crippen molar-refractivity contribution in [1.29, 1.82) is 5.26 Å². The number of hydrogen-bond acceptors (Lipinski definition) is 8. The van der Waals surface area contributed by atoms with Crippen LogP contribution in [0.15, 0.2) is 54.6 Å². The molecule has 11 nitrogen and oxygen atoms in total. The zero-order chi connectivity index (χ0) is 32.1. The Balaban J connectivity index is 1.41. The van der Waals surface area contributed by atoms with Crippen LogP contribution in [0.1, 0.15) is 64.9 Å². The molecule has 0 radical (unpaired) electrons. The van der Waals surface area contributed by atoms with Crippen LogP contribution in [0.4, 0.5) is 10.5 Å². The molecule has 2 heterocycles. The van der Waals surface area contributed by atoms with Gasteiger partial charge in [-0.05, 0) is 83.9 Å². The summed E-state index contributed by atoms with van der Waals surface area (Å²) in [6.07, 6.45) is -0.128. The quantitative estimate of drug-likeness (QED) is 0.307. The summed E-state index contributed by atoms with van der Waals surface area (Å²) in [7, 11) is 0. The van der Waals surface area contributed by atoms with Gasteiger partial charge in [0, 0.05) is 24.8 Å². The molecule has 0 unspecified atom stereocenters. The first-order chi connectivity index (χ1) is 20.7. The molecule has 3 aromatic rings. The number of fused-ring (bicyclic) bond motifs is 1. The summed E-state index contributed by atoms with van der Waals surface area (Å²) in [5, 5.41) is 14.1. The Morgan fingerprint density at radius 2 is 1.68 bits per heavy atom. The third-order valence-corrected chi connectivity index (χ3v) is 6.49. The topological polar surface area (TPSA) is 127 Å². The molecule has 0 spiro atoms. The summed E-state index contributed by atoms with van der Waals surface area (Å²) < 4.78 is 18.5. The Hall–Kier alpha value is -4.85. The van der Waals surface area contributed by atoms with E-state index in [1.165, 1.54) is 4.90 Å². The van der Waals surface area contributed by atoms with Gasteiger partial charge in [0.15, 0.2) is 0 Å². The summed E-state index contributed by atoms with van der Waals surface area (Å²) in [6, 6.07) is 18.7.